The lowest BCUT2D eigenvalue weighted by molar-refractivity contribution is -0.138. The highest BCUT2D eigenvalue weighted by Crippen LogP contribution is 2.30. The van der Waals surface area contributed by atoms with E-state index in [1.54, 1.807) is 6.07 Å². The quantitative estimate of drug-likeness (QED) is 0.894. The Kier molecular flexibility index (Phi) is 3.97. The summed E-state index contributed by atoms with van der Waals surface area (Å²) in [5.74, 6) is -1.01. The Bertz CT molecular complexity index is 436. The van der Waals surface area contributed by atoms with Crippen LogP contribution in [0.3, 0.4) is 0 Å². The van der Waals surface area contributed by atoms with Crippen molar-refractivity contribution in [1.29, 1.82) is 0 Å². The first-order valence-electron chi connectivity index (χ1n) is 6.31. The third-order valence-corrected chi connectivity index (χ3v) is 3.66. The van der Waals surface area contributed by atoms with Crippen molar-refractivity contribution >= 4 is 5.97 Å². The summed E-state index contributed by atoms with van der Waals surface area (Å²) in [5, 5.41) is 8.90. The SMILES string of the molecule is CC(c1cccc(F)c1)N1CCCC1CC(=O)O. The van der Waals surface area contributed by atoms with Crippen LogP contribution >= 0.6 is 0 Å². The molecule has 2 unspecified atom stereocenters. The van der Waals surface area contributed by atoms with Crippen LogP contribution < -0.4 is 0 Å². The number of carboxylic acid groups (broad SMARTS) is 1. The van der Waals surface area contributed by atoms with E-state index in [1.165, 1.54) is 12.1 Å². The molecular formula is C14H18FNO2. The first-order valence-corrected chi connectivity index (χ1v) is 6.31. The topological polar surface area (TPSA) is 40.5 Å². The lowest BCUT2D eigenvalue weighted by Crippen LogP contribution is -2.33. The average molecular weight is 251 g/mol. The Labute approximate surface area is 106 Å². The van der Waals surface area contributed by atoms with E-state index in [-0.39, 0.29) is 24.3 Å². The van der Waals surface area contributed by atoms with Gasteiger partial charge in [-0.3, -0.25) is 9.69 Å². The number of hydrogen-bond donors (Lipinski definition) is 1. The largest absolute Gasteiger partial charge is 0.481 e. The van der Waals surface area contributed by atoms with Gasteiger partial charge in [0.15, 0.2) is 0 Å². The molecule has 1 heterocycles. The molecule has 2 rings (SSSR count). The Balaban J connectivity index is 2.12. The molecule has 18 heavy (non-hydrogen) atoms. The minimum atomic E-state index is -0.765. The van der Waals surface area contributed by atoms with Crippen LogP contribution in [0.15, 0.2) is 24.3 Å². The Morgan fingerprint density at radius 3 is 3.06 bits per heavy atom. The van der Waals surface area contributed by atoms with E-state index < -0.39 is 5.97 Å². The molecule has 0 aromatic heterocycles. The fraction of sp³-hybridized carbons (Fsp3) is 0.500. The Morgan fingerprint density at radius 2 is 2.39 bits per heavy atom. The molecule has 1 aliphatic rings. The minimum absolute atomic E-state index is 0.0625. The third-order valence-electron chi connectivity index (χ3n) is 3.66. The van der Waals surface area contributed by atoms with Crippen LogP contribution in [-0.4, -0.2) is 28.6 Å². The number of nitrogens with zero attached hydrogens (tertiary/aromatic N) is 1. The van der Waals surface area contributed by atoms with Crippen LogP contribution in [0.1, 0.15) is 37.8 Å². The summed E-state index contributed by atoms with van der Waals surface area (Å²) < 4.78 is 13.2. The monoisotopic (exact) mass is 251 g/mol. The fourth-order valence-corrected chi connectivity index (χ4v) is 2.75. The highest BCUT2D eigenvalue weighted by Gasteiger charge is 2.30. The van der Waals surface area contributed by atoms with Crippen LogP contribution in [0.2, 0.25) is 0 Å². The Hall–Kier alpha value is -1.42. The van der Waals surface area contributed by atoms with Crippen molar-refractivity contribution in [2.75, 3.05) is 6.54 Å². The average Bonchev–Trinajstić information content (AvgIpc) is 2.75. The number of carbonyl (C=O) groups is 1. The number of aliphatic carboxylic acids is 1. The van der Waals surface area contributed by atoms with E-state index in [1.807, 2.05) is 13.0 Å². The molecule has 0 saturated carbocycles. The van der Waals surface area contributed by atoms with Crippen LogP contribution in [0, 0.1) is 5.82 Å². The molecule has 0 spiro atoms. The van der Waals surface area contributed by atoms with Crippen molar-refractivity contribution in [1.82, 2.24) is 4.90 Å². The highest BCUT2D eigenvalue weighted by atomic mass is 19.1. The van der Waals surface area contributed by atoms with Gasteiger partial charge in [0.05, 0.1) is 6.42 Å². The molecule has 0 aliphatic carbocycles. The summed E-state index contributed by atoms with van der Waals surface area (Å²) in [7, 11) is 0. The maximum absolute atomic E-state index is 13.2. The minimum Gasteiger partial charge on any atom is -0.481 e. The lowest BCUT2D eigenvalue weighted by atomic mass is 10.0. The number of halogens is 1. The molecule has 1 aromatic rings. The van der Waals surface area contributed by atoms with Crippen molar-refractivity contribution in [3.63, 3.8) is 0 Å². The van der Waals surface area contributed by atoms with Crippen molar-refractivity contribution in [2.45, 2.75) is 38.3 Å². The molecule has 1 N–H and O–H groups in total. The van der Waals surface area contributed by atoms with Gasteiger partial charge in [-0.1, -0.05) is 12.1 Å². The molecule has 1 aliphatic heterocycles. The molecule has 3 nitrogen and oxygen atoms in total. The van der Waals surface area contributed by atoms with E-state index in [0.717, 1.165) is 24.9 Å². The number of hydrogen-bond acceptors (Lipinski definition) is 2. The summed E-state index contributed by atoms with van der Waals surface area (Å²) in [6.45, 7) is 2.89. The summed E-state index contributed by atoms with van der Waals surface area (Å²) in [4.78, 5) is 13.0. The van der Waals surface area contributed by atoms with Gasteiger partial charge in [0.2, 0.25) is 0 Å². The summed E-state index contributed by atoms with van der Waals surface area (Å²) >= 11 is 0. The molecule has 4 heteroatoms. The fourth-order valence-electron chi connectivity index (χ4n) is 2.75. The van der Waals surface area contributed by atoms with Gasteiger partial charge >= 0.3 is 5.97 Å². The second kappa shape index (κ2) is 5.48. The molecule has 2 atom stereocenters. The molecule has 98 valence electrons. The first kappa shape index (κ1) is 13.0. The van der Waals surface area contributed by atoms with Gasteiger partial charge < -0.3 is 5.11 Å². The van der Waals surface area contributed by atoms with Gasteiger partial charge in [-0.25, -0.2) is 4.39 Å². The van der Waals surface area contributed by atoms with Gasteiger partial charge in [-0.2, -0.15) is 0 Å². The second-order valence-corrected chi connectivity index (χ2v) is 4.86. The van der Waals surface area contributed by atoms with Gasteiger partial charge in [0.25, 0.3) is 0 Å². The zero-order chi connectivity index (χ0) is 13.1. The van der Waals surface area contributed by atoms with Gasteiger partial charge in [-0.05, 0) is 44.0 Å². The number of likely N-dealkylation sites (tertiary alicyclic amines) is 1. The molecule has 0 radical (unpaired) electrons. The molecule has 1 fully saturated rings. The van der Waals surface area contributed by atoms with Gasteiger partial charge in [0.1, 0.15) is 5.82 Å². The first-order chi connectivity index (χ1) is 8.58. The molecule has 1 saturated heterocycles. The van der Waals surface area contributed by atoms with Crippen LogP contribution in [0.25, 0.3) is 0 Å². The van der Waals surface area contributed by atoms with Gasteiger partial charge in [0, 0.05) is 12.1 Å². The lowest BCUT2D eigenvalue weighted by Gasteiger charge is -2.30. The zero-order valence-corrected chi connectivity index (χ0v) is 10.5. The van der Waals surface area contributed by atoms with Crippen molar-refractivity contribution in [3.05, 3.63) is 35.6 Å². The number of rotatable bonds is 4. The maximum atomic E-state index is 13.2. The van der Waals surface area contributed by atoms with Crippen molar-refractivity contribution in [3.8, 4) is 0 Å². The maximum Gasteiger partial charge on any atom is 0.304 e. The predicted octanol–water partition coefficient (Wildman–Crippen LogP) is 2.83. The summed E-state index contributed by atoms with van der Waals surface area (Å²) in [5.41, 5.74) is 0.910. The molecule has 0 bridgehead atoms. The standard InChI is InChI=1S/C14H18FNO2/c1-10(11-4-2-5-12(15)8-11)16-7-3-6-13(16)9-14(17)18/h2,4-5,8,10,13H,3,6-7,9H2,1H3,(H,17,18). The van der Waals surface area contributed by atoms with E-state index in [9.17, 15) is 9.18 Å². The highest BCUT2D eigenvalue weighted by molar-refractivity contribution is 5.67. The summed E-state index contributed by atoms with van der Waals surface area (Å²) in [6.07, 6.45) is 2.09. The molecule has 1 aromatic carbocycles. The molecular weight excluding hydrogens is 233 g/mol. The Morgan fingerprint density at radius 1 is 1.61 bits per heavy atom. The summed E-state index contributed by atoms with van der Waals surface area (Å²) in [6, 6.07) is 6.68. The number of benzene rings is 1. The van der Waals surface area contributed by atoms with E-state index >= 15 is 0 Å². The van der Waals surface area contributed by atoms with Crippen LogP contribution in [0.5, 0.6) is 0 Å². The van der Waals surface area contributed by atoms with Crippen molar-refractivity contribution in [2.24, 2.45) is 0 Å². The normalized spacial score (nSPS) is 22.0. The molecule has 0 amide bonds. The van der Waals surface area contributed by atoms with E-state index in [0.29, 0.717) is 0 Å². The zero-order valence-electron chi connectivity index (χ0n) is 10.5. The number of carboxylic acids is 1. The van der Waals surface area contributed by atoms with Crippen LogP contribution in [-0.2, 0) is 4.79 Å². The van der Waals surface area contributed by atoms with E-state index in [2.05, 4.69) is 4.90 Å². The van der Waals surface area contributed by atoms with Crippen LogP contribution in [0.4, 0.5) is 4.39 Å². The van der Waals surface area contributed by atoms with E-state index in [4.69, 9.17) is 5.11 Å². The third kappa shape index (κ3) is 2.88. The van der Waals surface area contributed by atoms with Gasteiger partial charge in [-0.15, -0.1) is 0 Å². The van der Waals surface area contributed by atoms with Crippen molar-refractivity contribution < 1.29 is 14.3 Å². The second-order valence-electron chi connectivity index (χ2n) is 4.86. The predicted molar refractivity (Wildman–Crippen MR) is 66.8 cm³/mol. The smallest absolute Gasteiger partial charge is 0.304 e.